The monoisotopic (exact) mass is 1350 g/mol. The predicted molar refractivity (Wildman–Crippen MR) is 372 cm³/mol. The molecule has 0 spiro atoms. The summed E-state index contributed by atoms with van der Waals surface area (Å²) in [7, 11) is -9.92. The van der Waals surface area contributed by atoms with Crippen LogP contribution in [-0.2, 0) is 65.4 Å². The van der Waals surface area contributed by atoms with E-state index in [4.69, 9.17) is 37.0 Å². The van der Waals surface area contributed by atoms with Gasteiger partial charge in [0.05, 0.1) is 26.4 Å². The first-order chi connectivity index (χ1) is 44.5. The number of allylic oxidation sites excluding steroid dienone is 4. The molecule has 0 saturated carbocycles. The highest BCUT2D eigenvalue weighted by Gasteiger charge is 2.30. The van der Waals surface area contributed by atoms with E-state index in [1.165, 1.54) is 167 Å². The van der Waals surface area contributed by atoms with Gasteiger partial charge in [0.1, 0.15) is 19.3 Å². The first-order valence-electron chi connectivity index (χ1n) is 37.5. The molecule has 92 heavy (non-hydrogen) atoms. The molecule has 5 atom stereocenters. The molecule has 0 fully saturated rings. The van der Waals surface area contributed by atoms with Crippen LogP contribution in [0.25, 0.3) is 0 Å². The van der Waals surface area contributed by atoms with Crippen molar-refractivity contribution >= 4 is 39.5 Å². The van der Waals surface area contributed by atoms with Gasteiger partial charge in [-0.25, -0.2) is 9.13 Å². The Labute approximate surface area is 561 Å². The van der Waals surface area contributed by atoms with E-state index in [9.17, 15) is 43.2 Å². The SMILES string of the molecule is CCCCCC/C=C\C=C/CCCCCCCC(=O)O[C@H](COC(=O)CCCCCCCCCCCCCC(C)C)COP(=O)(O)OC[C@@H](O)COP(=O)(O)OC[C@@H](COC(=O)CCCCCCCCCCCC)OC(=O)CCCCCCCCCCCCCCC. The molecule has 542 valence electrons. The Morgan fingerprint density at radius 1 is 0.337 bits per heavy atom. The van der Waals surface area contributed by atoms with Gasteiger partial charge in [-0.1, -0.05) is 303 Å². The Bertz CT molecular complexity index is 1860. The summed E-state index contributed by atoms with van der Waals surface area (Å²) in [6, 6.07) is 0. The number of aliphatic hydroxyl groups excluding tert-OH is 1. The molecule has 0 amide bonds. The molecule has 19 heteroatoms. The molecule has 0 aliphatic heterocycles. The highest BCUT2D eigenvalue weighted by atomic mass is 31.2. The second-order valence-corrected chi connectivity index (χ2v) is 29.0. The van der Waals surface area contributed by atoms with Gasteiger partial charge >= 0.3 is 39.5 Å². The lowest BCUT2D eigenvalue weighted by atomic mass is 10.0. The zero-order chi connectivity index (χ0) is 67.7. The largest absolute Gasteiger partial charge is 0.472 e. The average molecular weight is 1350 g/mol. The summed E-state index contributed by atoms with van der Waals surface area (Å²) < 4.78 is 68.4. The minimum Gasteiger partial charge on any atom is -0.462 e. The fourth-order valence-electron chi connectivity index (χ4n) is 10.6. The molecular formula is C73H138O17P2. The Morgan fingerprint density at radius 2 is 0.587 bits per heavy atom. The second kappa shape index (κ2) is 65.8. The van der Waals surface area contributed by atoms with Gasteiger partial charge in [0.2, 0.25) is 0 Å². The van der Waals surface area contributed by atoms with E-state index in [2.05, 4.69) is 58.9 Å². The number of rotatable bonds is 71. The van der Waals surface area contributed by atoms with Crippen molar-refractivity contribution < 1.29 is 80.2 Å². The van der Waals surface area contributed by atoms with Crippen molar-refractivity contribution in [2.75, 3.05) is 39.6 Å². The zero-order valence-corrected chi connectivity index (χ0v) is 61.0. The van der Waals surface area contributed by atoms with Crippen LogP contribution in [0.5, 0.6) is 0 Å². The molecule has 0 aromatic rings. The van der Waals surface area contributed by atoms with Crippen LogP contribution in [0.1, 0.15) is 356 Å². The first-order valence-corrected chi connectivity index (χ1v) is 40.4. The van der Waals surface area contributed by atoms with E-state index < -0.39 is 97.5 Å². The molecule has 2 unspecified atom stereocenters. The maximum absolute atomic E-state index is 13.0. The minimum absolute atomic E-state index is 0.0852. The number of carbonyl (C=O) groups excluding carboxylic acids is 4. The van der Waals surface area contributed by atoms with Crippen LogP contribution in [0, 0.1) is 5.92 Å². The van der Waals surface area contributed by atoms with E-state index in [1.807, 2.05) is 0 Å². The van der Waals surface area contributed by atoms with Crippen molar-refractivity contribution in [3.8, 4) is 0 Å². The van der Waals surface area contributed by atoms with Crippen molar-refractivity contribution in [2.45, 2.75) is 374 Å². The number of esters is 4. The van der Waals surface area contributed by atoms with Crippen molar-refractivity contribution in [1.82, 2.24) is 0 Å². The molecule has 0 aliphatic rings. The van der Waals surface area contributed by atoms with Crippen molar-refractivity contribution in [2.24, 2.45) is 5.92 Å². The van der Waals surface area contributed by atoms with E-state index in [0.717, 1.165) is 109 Å². The summed E-state index contributed by atoms with van der Waals surface area (Å²) in [5.41, 5.74) is 0. The van der Waals surface area contributed by atoms with Crippen LogP contribution < -0.4 is 0 Å². The van der Waals surface area contributed by atoms with Gasteiger partial charge in [0, 0.05) is 25.7 Å². The Balaban J connectivity index is 5.29. The van der Waals surface area contributed by atoms with Crippen LogP contribution in [0.4, 0.5) is 0 Å². The minimum atomic E-state index is -4.96. The summed E-state index contributed by atoms with van der Waals surface area (Å²) in [4.78, 5) is 72.6. The van der Waals surface area contributed by atoms with Crippen LogP contribution >= 0.6 is 15.6 Å². The molecule has 0 bridgehead atoms. The Hall–Kier alpha value is -2.46. The lowest BCUT2D eigenvalue weighted by molar-refractivity contribution is -0.161. The summed E-state index contributed by atoms with van der Waals surface area (Å²) in [5, 5.41) is 10.6. The molecule has 0 heterocycles. The summed E-state index contributed by atoms with van der Waals surface area (Å²) in [6.45, 7) is 7.20. The number of carbonyl (C=O) groups is 4. The standard InChI is InChI=1S/C73H138O17P2/c1-6-9-12-15-18-21-24-26-27-29-33-39-44-49-54-59-73(78)90-69(63-84-71(76)57-52-47-42-37-34-30-31-35-40-45-50-55-66(4)5)65-88-92(81,82)86-61-67(74)60-85-91(79,80)87-64-68(62-83-70(75)56-51-46-41-36-23-20-17-14-11-8-3)89-72(77)58-53-48-43-38-32-28-25-22-19-16-13-10-7-2/h21,24,26-27,66-69,74H,6-20,22-23,25,28-65H2,1-5H3,(H,79,80)(H,81,82)/b24-21-,27-26-/t67-,68+,69+/m0/s1. The predicted octanol–water partition coefficient (Wildman–Crippen LogP) is 20.9. The molecule has 0 saturated heterocycles. The van der Waals surface area contributed by atoms with Gasteiger partial charge in [-0.15, -0.1) is 0 Å². The molecule has 0 rings (SSSR count). The van der Waals surface area contributed by atoms with Crippen molar-refractivity contribution in [3.63, 3.8) is 0 Å². The number of unbranched alkanes of at least 4 members (excludes halogenated alkanes) is 40. The van der Waals surface area contributed by atoms with Crippen LogP contribution in [-0.4, -0.2) is 96.7 Å². The third-order valence-electron chi connectivity index (χ3n) is 16.4. The molecule has 0 radical (unpaired) electrons. The summed E-state index contributed by atoms with van der Waals surface area (Å²) >= 11 is 0. The fourth-order valence-corrected chi connectivity index (χ4v) is 12.2. The Morgan fingerprint density at radius 3 is 0.891 bits per heavy atom. The summed E-state index contributed by atoms with van der Waals surface area (Å²) in [5.74, 6) is -1.38. The second-order valence-electron chi connectivity index (χ2n) is 26.1. The highest BCUT2D eigenvalue weighted by Crippen LogP contribution is 2.45. The molecule has 17 nitrogen and oxygen atoms in total. The smallest absolute Gasteiger partial charge is 0.462 e. The van der Waals surface area contributed by atoms with Crippen LogP contribution in [0.2, 0.25) is 0 Å². The number of aliphatic hydroxyl groups is 1. The van der Waals surface area contributed by atoms with Gasteiger partial charge < -0.3 is 33.8 Å². The molecule has 0 aromatic heterocycles. The fraction of sp³-hybridized carbons (Fsp3) is 0.890. The topological polar surface area (TPSA) is 237 Å². The lowest BCUT2D eigenvalue weighted by Gasteiger charge is -2.21. The van der Waals surface area contributed by atoms with E-state index >= 15 is 0 Å². The van der Waals surface area contributed by atoms with Crippen molar-refractivity contribution in [3.05, 3.63) is 24.3 Å². The molecular weight excluding hydrogens is 1210 g/mol. The number of hydrogen-bond donors (Lipinski definition) is 3. The quantitative estimate of drug-likeness (QED) is 0.0169. The molecule has 3 N–H and O–H groups in total. The first kappa shape index (κ1) is 89.5. The van der Waals surface area contributed by atoms with Gasteiger partial charge in [-0.3, -0.25) is 37.3 Å². The van der Waals surface area contributed by atoms with Gasteiger partial charge in [-0.05, 0) is 57.3 Å². The average Bonchev–Trinajstić information content (AvgIpc) is 3.71. The zero-order valence-electron chi connectivity index (χ0n) is 59.2. The number of ether oxygens (including phenoxy) is 4. The lowest BCUT2D eigenvalue weighted by Crippen LogP contribution is -2.30. The van der Waals surface area contributed by atoms with Crippen LogP contribution in [0.15, 0.2) is 24.3 Å². The highest BCUT2D eigenvalue weighted by molar-refractivity contribution is 7.47. The Kier molecular flexibility index (Phi) is 64.0. The molecule has 0 aromatic carbocycles. The van der Waals surface area contributed by atoms with E-state index in [1.54, 1.807) is 0 Å². The summed E-state index contributed by atoms with van der Waals surface area (Å²) in [6.07, 6.45) is 56.1. The van der Waals surface area contributed by atoms with E-state index in [-0.39, 0.29) is 25.7 Å². The van der Waals surface area contributed by atoms with Crippen LogP contribution in [0.3, 0.4) is 0 Å². The van der Waals surface area contributed by atoms with Gasteiger partial charge in [0.15, 0.2) is 12.2 Å². The molecule has 0 aliphatic carbocycles. The number of hydrogen-bond acceptors (Lipinski definition) is 15. The normalized spacial score (nSPS) is 14.2. The third-order valence-corrected chi connectivity index (χ3v) is 18.3. The maximum atomic E-state index is 13.0. The van der Waals surface area contributed by atoms with Gasteiger partial charge in [-0.2, -0.15) is 0 Å². The number of phosphoric acid groups is 2. The van der Waals surface area contributed by atoms with Gasteiger partial charge in [0.25, 0.3) is 0 Å². The van der Waals surface area contributed by atoms with E-state index in [0.29, 0.717) is 25.7 Å². The van der Waals surface area contributed by atoms with Crippen molar-refractivity contribution in [1.29, 1.82) is 0 Å². The third kappa shape index (κ3) is 66.2. The number of phosphoric ester groups is 2. The maximum Gasteiger partial charge on any atom is 0.472 e.